The summed E-state index contributed by atoms with van der Waals surface area (Å²) in [5.74, 6) is 0.371. The quantitative estimate of drug-likeness (QED) is 0.658. The molecule has 2 aromatic rings. The van der Waals surface area contributed by atoms with Crippen molar-refractivity contribution in [2.75, 3.05) is 6.61 Å². The number of aromatic nitrogens is 1. The average molecular weight is 297 g/mol. The van der Waals surface area contributed by atoms with E-state index in [0.29, 0.717) is 11.5 Å². The zero-order valence-corrected chi connectivity index (χ0v) is 12.7. The van der Waals surface area contributed by atoms with Gasteiger partial charge in [0.2, 0.25) is 0 Å². The highest BCUT2D eigenvalue weighted by atomic mass is 16.5. The zero-order valence-electron chi connectivity index (χ0n) is 12.7. The molecule has 1 aromatic carbocycles. The Morgan fingerprint density at radius 3 is 2.50 bits per heavy atom. The van der Waals surface area contributed by atoms with Crippen LogP contribution in [0.5, 0.6) is 5.75 Å². The third kappa shape index (κ3) is 4.70. The highest BCUT2D eigenvalue weighted by molar-refractivity contribution is 5.99. The summed E-state index contributed by atoms with van der Waals surface area (Å²) in [7, 11) is 0. The van der Waals surface area contributed by atoms with Gasteiger partial charge in [-0.15, -0.1) is 0 Å². The average Bonchev–Trinajstić information content (AvgIpc) is 2.59. The fraction of sp³-hybridized carbons (Fsp3) is 0.235. The number of pyridine rings is 1. The molecule has 5 heteroatoms. The summed E-state index contributed by atoms with van der Waals surface area (Å²) < 4.78 is 5.41. The van der Waals surface area contributed by atoms with Crippen molar-refractivity contribution >= 4 is 11.6 Å². The second-order valence-electron chi connectivity index (χ2n) is 4.75. The lowest BCUT2D eigenvalue weighted by atomic mass is 10.2. The Balaban J connectivity index is 1.82. The second kappa shape index (κ2) is 7.93. The van der Waals surface area contributed by atoms with Crippen molar-refractivity contribution in [3.63, 3.8) is 0 Å². The minimum atomic E-state index is -0.298. The van der Waals surface area contributed by atoms with E-state index in [2.05, 4.69) is 22.4 Å². The van der Waals surface area contributed by atoms with Gasteiger partial charge >= 0.3 is 0 Å². The Morgan fingerprint density at radius 1 is 1.18 bits per heavy atom. The molecule has 0 aliphatic rings. The topological polar surface area (TPSA) is 63.6 Å². The van der Waals surface area contributed by atoms with Crippen LogP contribution in [0.4, 0.5) is 0 Å². The van der Waals surface area contributed by atoms with Gasteiger partial charge in [0.1, 0.15) is 5.75 Å². The third-order valence-electron chi connectivity index (χ3n) is 3.15. The maximum absolute atomic E-state index is 11.7. The highest BCUT2D eigenvalue weighted by Gasteiger charge is 2.03. The van der Waals surface area contributed by atoms with Crippen molar-refractivity contribution in [1.82, 2.24) is 10.4 Å². The van der Waals surface area contributed by atoms with E-state index < -0.39 is 0 Å². The number of amides is 1. The summed E-state index contributed by atoms with van der Waals surface area (Å²) in [6, 6.07) is 11.3. The van der Waals surface area contributed by atoms with Gasteiger partial charge in [-0.05, 0) is 43.2 Å². The van der Waals surface area contributed by atoms with Gasteiger partial charge in [0, 0.05) is 18.0 Å². The van der Waals surface area contributed by atoms with Gasteiger partial charge < -0.3 is 4.74 Å². The minimum absolute atomic E-state index is 0.0708. The number of ether oxygens (including phenoxy) is 1. The maximum atomic E-state index is 11.7. The van der Waals surface area contributed by atoms with Crippen LogP contribution in [0.2, 0.25) is 0 Å². The van der Waals surface area contributed by atoms with E-state index >= 15 is 0 Å². The summed E-state index contributed by atoms with van der Waals surface area (Å²) in [6.45, 7) is 3.84. The lowest BCUT2D eigenvalue weighted by Crippen LogP contribution is -2.25. The van der Waals surface area contributed by atoms with Gasteiger partial charge in [-0.1, -0.05) is 19.1 Å². The van der Waals surface area contributed by atoms with Gasteiger partial charge in [0.25, 0.3) is 5.91 Å². The van der Waals surface area contributed by atoms with E-state index in [9.17, 15) is 4.79 Å². The normalized spacial score (nSPS) is 11.1. The number of nitrogens with one attached hydrogen (secondary N) is 1. The van der Waals surface area contributed by atoms with E-state index in [-0.39, 0.29) is 12.5 Å². The monoisotopic (exact) mass is 297 g/mol. The molecule has 0 saturated carbocycles. The van der Waals surface area contributed by atoms with Gasteiger partial charge in [-0.3, -0.25) is 9.78 Å². The number of hydrogen-bond donors (Lipinski definition) is 1. The van der Waals surface area contributed by atoms with Gasteiger partial charge in [0.15, 0.2) is 6.61 Å². The number of carbonyl (C=O) groups excluding carboxylic acids is 1. The maximum Gasteiger partial charge on any atom is 0.277 e. The van der Waals surface area contributed by atoms with Crippen molar-refractivity contribution in [2.24, 2.45) is 5.10 Å². The Hall–Kier alpha value is -2.69. The van der Waals surface area contributed by atoms with Crippen molar-refractivity contribution < 1.29 is 9.53 Å². The summed E-state index contributed by atoms with van der Waals surface area (Å²) in [4.78, 5) is 15.7. The van der Waals surface area contributed by atoms with Crippen LogP contribution in [-0.2, 0) is 11.2 Å². The van der Waals surface area contributed by atoms with Crippen molar-refractivity contribution in [3.8, 4) is 5.75 Å². The van der Waals surface area contributed by atoms with Gasteiger partial charge in [0.05, 0.1) is 5.71 Å². The molecule has 1 aromatic heterocycles. The van der Waals surface area contributed by atoms with Crippen molar-refractivity contribution in [1.29, 1.82) is 0 Å². The van der Waals surface area contributed by atoms with Crippen molar-refractivity contribution in [2.45, 2.75) is 20.3 Å². The predicted octanol–water partition coefficient (Wildman–Crippen LogP) is 2.56. The zero-order chi connectivity index (χ0) is 15.8. The molecule has 5 nitrogen and oxygen atoms in total. The third-order valence-corrected chi connectivity index (χ3v) is 3.15. The molecular formula is C17H19N3O2. The molecule has 2 rings (SSSR count). The summed E-state index contributed by atoms with van der Waals surface area (Å²) in [6.07, 6.45) is 4.34. The van der Waals surface area contributed by atoms with Crippen LogP contribution in [0.1, 0.15) is 25.0 Å². The fourth-order valence-electron chi connectivity index (χ4n) is 1.81. The molecule has 0 spiro atoms. The number of benzene rings is 1. The number of nitrogens with zero attached hydrogens (tertiary/aromatic N) is 2. The van der Waals surface area contributed by atoms with E-state index in [1.54, 1.807) is 12.4 Å². The highest BCUT2D eigenvalue weighted by Crippen LogP contribution is 2.12. The summed E-state index contributed by atoms with van der Waals surface area (Å²) >= 11 is 0. The van der Waals surface area contributed by atoms with Crippen molar-refractivity contribution in [3.05, 3.63) is 59.9 Å². The first-order valence-corrected chi connectivity index (χ1v) is 7.14. The molecule has 0 aliphatic heterocycles. The molecule has 0 fully saturated rings. The lowest BCUT2D eigenvalue weighted by molar-refractivity contribution is -0.123. The van der Waals surface area contributed by atoms with E-state index in [4.69, 9.17) is 4.74 Å². The molecule has 0 radical (unpaired) electrons. The number of aryl methyl sites for hydroxylation is 1. The van der Waals surface area contributed by atoms with E-state index in [1.165, 1.54) is 5.56 Å². The molecule has 22 heavy (non-hydrogen) atoms. The molecule has 1 heterocycles. The first kappa shape index (κ1) is 15.7. The Morgan fingerprint density at radius 2 is 1.86 bits per heavy atom. The number of rotatable bonds is 6. The second-order valence-corrected chi connectivity index (χ2v) is 4.75. The predicted molar refractivity (Wildman–Crippen MR) is 85.9 cm³/mol. The Labute approximate surface area is 130 Å². The minimum Gasteiger partial charge on any atom is -0.484 e. The smallest absolute Gasteiger partial charge is 0.277 e. The molecule has 1 amide bonds. The Kier molecular flexibility index (Phi) is 5.65. The molecule has 0 atom stereocenters. The van der Waals surface area contributed by atoms with Crippen LogP contribution >= 0.6 is 0 Å². The summed E-state index contributed by atoms with van der Waals surface area (Å²) in [5.41, 5.74) is 5.33. The molecular weight excluding hydrogens is 278 g/mol. The van der Waals surface area contributed by atoms with Crippen LogP contribution in [0.15, 0.2) is 53.9 Å². The summed E-state index contributed by atoms with van der Waals surface area (Å²) in [5, 5.41) is 4.04. The van der Waals surface area contributed by atoms with Gasteiger partial charge in [-0.25, -0.2) is 5.43 Å². The number of hydrazone groups is 1. The number of hydrogen-bond acceptors (Lipinski definition) is 4. The molecule has 0 saturated heterocycles. The SMILES string of the molecule is CCc1ccc(OCC(=O)N/N=C(/C)c2ccncc2)cc1. The van der Waals surface area contributed by atoms with Crippen LogP contribution < -0.4 is 10.2 Å². The lowest BCUT2D eigenvalue weighted by Gasteiger charge is -2.06. The first-order chi connectivity index (χ1) is 10.7. The largest absolute Gasteiger partial charge is 0.484 e. The van der Waals surface area contributed by atoms with Crippen LogP contribution in [-0.4, -0.2) is 23.2 Å². The van der Waals surface area contributed by atoms with E-state index in [1.807, 2.05) is 43.3 Å². The van der Waals surface area contributed by atoms with Gasteiger partial charge in [-0.2, -0.15) is 5.10 Å². The molecule has 0 aliphatic carbocycles. The molecule has 114 valence electrons. The Bertz CT molecular complexity index is 637. The standard InChI is InChI=1S/C17H19N3O2/c1-3-14-4-6-16(7-5-14)22-12-17(21)20-19-13(2)15-8-10-18-11-9-15/h4-11H,3,12H2,1-2H3,(H,20,21)/b19-13-. The van der Waals surface area contributed by atoms with Crippen LogP contribution in [0.3, 0.4) is 0 Å². The molecule has 0 unspecified atom stereocenters. The van der Waals surface area contributed by atoms with Crippen LogP contribution in [0, 0.1) is 0 Å². The molecule has 1 N–H and O–H groups in total. The fourth-order valence-corrected chi connectivity index (χ4v) is 1.81. The first-order valence-electron chi connectivity index (χ1n) is 7.14. The number of carbonyl (C=O) groups is 1. The molecule has 0 bridgehead atoms. The van der Waals surface area contributed by atoms with E-state index in [0.717, 1.165) is 12.0 Å². The van der Waals surface area contributed by atoms with Crippen LogP contribution in [0.25, 0.3) is 0 Å².